The van der Waals surface area contributed by atoms with Crippen molar-refractivity contribution in [3.63, 3.8) is 0 Å². The first kappa shape index (κ1) is 34.9. The molecule has 0 aromatic rings. The van der Waals surface area contributed by atoms with Crippen LogP contribution in [0.15, 0.2) is 0 Å². The maximum Gasteiger partial charge on any atom is 0.460 e. The summed E-state index contributed by atoms with van der Waals surface area (Å²) in [6, 6.07) is 0. The first-order valence-corrected chi connectivity index (χ1v) is 9.97. The van der Waals surface area contributed by atoms with E-state index >= 15 is 0 Å². The lowest BCUT2D eigenvalue weighted by Gasteiger charge is -2.41. The van der Waals surface area contributed by atoms with E-state index in [1.807, 2.05) is 0 Å². The van der Waals surface area contributed by atoms with Gasteiger partial charge in [-0.05, 0) is 25.7 Å². The molecule has 0 fully saturated rings. The molecular formula is C18H20F15NO3. The van der Waals surface area contributed by atoms with Crippen LogP contribution in [0.3, 0.4) is 0 Å². The van der Waals surface area contributed by atoms with E-state index in [0.29, 0.717) is 13.3 Å². The second kappa shape index (κ2) is 10.9. The summed E-state index contributed by atoms with van der Waals surface area (Å²) >= 11 is 0. The monoisotopic (exact) mass is 583 g/mol. The molecule has 0 unspecified atom stereocenters. The normalized spacial score (nSPS) is 14.7. The van der Waals surface area contributed by atoms with Gasteiger partial charge in [-0.15, -0.1) is 0 Å². The molecule has 0 spiro atoms. The van der Waals surface area contributed by atoms with Crippen molar-refractivity contribution < 1.29 is 80.2 Å². The molecule has 0 bridgehead atoms. The average Bonchev–Trinajstić information content (AvgIpc) is 2.72. The number of hydrogen-bond acceptors (Lipinski definition) is 3. The molecule has 0 N–H and O–H groups in total. The first-order valence-electron chi connectivity index (χ1n) is 9.97. The quantitative estimate of drug-likeness (QED) is 0.148. The lowest BCUT2D eigenvalue weighted by molar-refractivity contribution is -0.449. The molecule has 19 heteroatoms. The van der Waals surface area contributed by atoms with Gasteiger partial charge in [0.25, 0.3) is 5.91 Å². The van der Waals surface area contributed by atoms with Crippen LogP contribution in [0.4, 0.5) is 65.9 Å². The Morgan fingerprint density at radius 3 is 1.49 bits per heavy atom. The Balaban J connectivity index is 6.16. The fourth-order valence-electron chi connectivity index (χ4n) is 2.51. The third kappa shape index (κ3) is 6.15. The van der Waals surface area contributed by atoms with Crippen LogP contribution >= 0.6 is 0 Å². The van der Waals surface area contributed by atoms with Crippen molar-refractivity contribution in [2.45, 2.75) is 75.3 Å². The fraction of sp³-hybridized carbons (Fsp3) is 0.889. The maximum atomic E-state index is 14.1. The zero-order valence-electron chi connectivity index (χ0n) is 19.0. The predicted molar refractivity (Wildman–Crippen MR) is 93.0 cm³/mol. The molecule has 4 nitrogen and oxygen atoms in total. The number of nitrogens with zero attached hydrogens (tertiary/aromatic N) is 1. The summed E-state index contributed by atoms with van der Waals surface area (Å²) in [6.07, 6.45) is -7.07. The minimum Gasteiger partial charge on any atom is -0.464 e. The molecule has 1 amide bonds. The summed E-state index contributed by atoms with van der Waals surface area (Å²) < 4.78 is 203. The summed E-state index contributed by atoms with van der Waals surface area (Å²) in [5.74, 6) is -53.5. The van der Waals surface area contributed by atoms with Gasteiger partial charge in [-0.2, -0.15) is 65.9 Å². The average molecular weight is 583 g/mol. The number of amides is 1. The topological polar surface area (TPSA) is 46.6 Å². The zero-order chi connectivity index (χ0) is 30.1. The number of esters is 1. The van der Waals surface area contributed by atoms with Crippen molar-refractivity contribution >= 4 is 11.9 Å². The Bertz CT molecular complexity index is 809. The second-order valence-electron chi connectivity index (χ2n) is 8.02. The van der Waals surface area contributed by atoms with Gasteiger partial charge in [-0.1, -0.05) is 13.8 Å². The lowest BCUT2D eigenvalue weighted by atomic mass is 9.90. The van der Waals surface area contributed by atoms with E-state index in [9.17, 15) is 75.4 Å². The highest BCUT2D eigenvalue weighted by Crippen LogP contribution is 2.62. The van der Waals surface area contributed by atoms with E-state index in [-0.39, 0.29) is 18.9 Å². The molecular weight excluding hydrogens is 563 g/mol. The number of likely N-dealkylation sites (N-methyl/N-ethyl adjacent to an activating group) is 1. The van der Waals surface area contributed by atoms with E-state index in [1.54, 1.807) is 13.8 Å². The van der Waals surface area contributed by atoms with Crippen LogP contribution in [-0.2, 0) is 14.3 Å². The minimum atomic E-state index is -8.50. The number of rotatable bonds is 13. The van der Waals surface area contributed by atoms with Crippen molar-refractivity contribution in [3.8, 4) is 0 Å². The number of alkyl halides is 15. The van der Waals surface area contributed by atoms with Crippen LogP contribution in [0, 0.1) is 5.92 Å². The summed E-state index contributed by atoms with van der Waals surface area (Å²) in [5, 5.41) is 0. The molecule has 0 rings (SSSR count). The number of carbonyl (C=O) groups is 2. The molecule has 37 heavy (non-hydrogen) atoms. The number of ether oxygens (including phenoxy) is 1. The van der Waals surface area contributed by atoms with Crippen LogP contribution < -0.4 is 0 Å². The van der Waals surface area contributed by atoms with Crippen LogP contribution in [0.5, 0.6) is 0 Å². The van der Waals surface area contributed by atoms with Gasteiger partial charge in [0.05, 0.1) is 6.61 Å². The fourth-order valence-corrected chi connectivity index (χ4v) is 2.51. The molecule has 0 saturated carbocycles. The standard InChI is InChI=1S/C18H20F15NO3/c1-4-34(8-10(35)37-7-5-6-9(2)3)11(36)12(19,20)13(21,22)14(23,24)15(25,26)16(27,28)17(29,30)18(31,32)33/h9H,4-8H2,1-3H3. The Kier molecular flexibility index (Phi) is 10.3. The van der Waals surface area contributed by atoms with E-state index in [2.05, 4.69) is 4.74 Å². The second-order valence-corrected chi connectivity index (χ2v) is 8.02. The highest BCUT2D eigenvalue weighted by Gasteiger charge is 2.94. The van der Waals surface area contributed by atoms with E-state index in [4.69, 9.17) is 0 Å². The zero-order valence-corrected chi connectivity index (χ0v) is 19.0. The Morgan fingerprint density at radius 1 is 0.703 bits per heavy atom. The van der Waals surface area contributed by atoms with Crippen LogP contribution in [-0.4, -0.2) is 78.2 Å². The summed E-state index contributed by atoms with van der Waals surface area (Å²) in [5.41, 5.74) is 0. The van der Waals surface area contributed by atoms with E-state index < -0.39 is 71.6 Å². The smallest absolute Gasteiger partial charge is 0.460 e. The maximum absolute atomic E-state index is 14.1. The minimum absolute atomic E-state index is 0.108. The molecule has 0 aliphatic heterocycles. The van der Waals surface area contributed by atoms with Crippen molar-refractivity contribution in [2.75, 3.05) is 19.7 Å². The molecule has 0 heterocycles. The Morgan fingerprint density at radius 2 is 1.11 bits per heavy atom. The predicted octanol–water partition coefficient (Wildman–Crippen LogP) is 6.19. The van der Waals surface area contributed by atoms with Crippen molar-refractivity contribution in [3.05, 3.63) is 0 Å². The molecule has 0 saturated heterocycles. The van der Waals surface area contributed by atoms with Gasteiger partial charge in [0.15, 0.2) is 0 Å². The van der Waals surface area contributed by atoms with Crippen LogP contribution in [0.25, 0.3) is 0 Å². The van der Waals surface area contributed by atoms with Crippen molar-refractivity contribution in [1.29, 1.82) is 0 Å². The van der Waals surface area contributed by atoms with E-state index in [0.717, 1.165) is 0 Å². The number of hydrogen-bond donors (Lipinski definition) is 0. The largest absolute Gasteiger partial charge is 0.464 e. The van der Waals surface area contributed by atoms with Crippen molar-refractivity contribution in [2.24, 2.45) is 5.92 Å². The van der Waals surface area contributed by atoms with Gasteiger partial charge < -0.3 is 9.64 Å². The number of carbonyl (C=O) groups excluding carboxylic acids is 2. The molecule has 220 valence electrons. The first-order chi connectivity index (χ1) is 16.2. The Hall–Kier alpha value is -2.11. The van der Waals surface area contributed by atoms with Gasteiger partial charge in [0.1, 0.15) is 6.54 Å². The van der Waals surface area contributed by atoms with Gasteiger partial charge in [-0.3, -0.25) is 9.59 Å². The molecule has 0 aromatic heterocycles. The molecule has 0 aliphatic carbocycles. The lowest BCUT2D eigenvalue weighted by Crippen LogP contribution is -2.74. The molecule has 0 atom stereocenters. The van der Waals surface area contributed by atoms with Gasteiger partial charge in [0.2, 0.25) is 0 Å². The van der Waals surface area contributed by atoms with Gasteiger partial charge >= 0.3 is 47.7 Å². The molecule has 0 aliphatic rings. The summed E-state index contributed by atoms with van der Waals surface area (Å²) in [7, 11) is 0. The molecule has 0 aromatic carbocycles. The van der Waals surface area contributed by atoms with E-state index in [1.165, 1.54) is 0 Å². The number of halogens is 15. The summed E-state index contributed by atoms with van der Waals surface area (Å²) in [6.45, 7) is 0.954. The Labute approximate surface area is 199 Å². The highest BCUT2D eigenvalue weighted by molar-refractivity contribution is 5.88. The van der Waals surface area contributed by atoms with Crippen LogP contribution in [0.2, 0.25) is 0 Å². The highest BCUT2D eigenvalue weighted by atomic mass is 19.4. The van der Waals surface area contributed by atoms with Gasteiger partial charge in [0, 0.05) is 6.54 Å². The van der Waals surface area contributed by atoms with Gasteiger partial charge in [-0.25, -0.2) is 0 Å². The third-order valence-electron chi connectivity index (χ3n) is 4.77. The SMILES string of the molecule is CCN(CC(=O)OCCCC(C)C)C(=O)C(F)(F)C(F)(F)C(F)(F)C(F)(F)C(F)(F)C(F)(F)C(F)(F)F. The summed E-state index contributed by atoms with van der Waals surface area (Å²) in [4.78, 5) is 22.8. The molecule has 0 radical (unpaired) electrons. The third-order valence-corrected chi connectivity index (χ3v) is 4.77. The van der Waals surface area contributed by atoms with Crippen LogP contribution in [0.1, 0.15) is 33.6 Å². The van der Waals surface area contributed by atoms with Crippen molar-refractivity contribution in [1.82, 2.24) is 4.90 Å².